The lowest BCUT2D eigenvalue weighted by Crippen LogP contribution is -2.46. The molecule has 0 aromatic carbocycles. The number of ether oxygens (including phenoxy) is 1. The van der Waals surface area contributed by atoms with E-state index in [1.54, 1.807) is 0 Å². The predicted molar refractivity (Wildman–Crippen MR) is 126 cm³/mol. The second-order valence-corrected chi connectivity index (χ2v) is 9.05. The lowest BCUT2D eigenvalue weighted by atomic mass is 9.90. The SMILES string of the molecule is CCc1cnc2ncc(-c3ccn4nc(N[C@H]5CC[C@H](N6CCOCC6)CC5)ncc34)cn12. The van der Waals surface area contributed by atoms with E-state index in [2.05, 4.69) is 48.8 Å². The molecule has 1 aliphatic heterocycles. The fourth-order valence-electron chi connectivity index (χ4n) is 5.24. The summed E-state index contributed by atoms with van der Waals surface area (Å²) < 4.78 is 9.46. The normalized spacial score (nSPS) is 22.2. The van der Waals surface area contributed by atoms with E-state index < -0.39 is 0 Å². The van der Waals surface area contributed by atoms with Crippen molar-refractivity contribution in [3.8, 4) is 11.1 Å². The van der Waals surface area contributed by atoms with Crippen molar-refractivity contribution in [2.45, 2.75) is 51.1 Å². The Hall–Kier alpha value is -3.04. The Bertz CT molecular complexity index is 1250. The summed E-state index contributed by atoms with van der Waals surface area (Å²) in [5.74, 6) is 1.42. The van der Waals surface area contributed by atoms with E-state index in [4.69, 9.17) is 9.84 Å². The van der Waals surface area contributed by atoms with Gasteiger partial charge in [-0.15, -0.1) is 5.10 Å². The van der Waals surface area contributed by atoms with Gasteiger partial charge in [0.15, 0.2) is 0 Å². The van der Waals surface area contributed by atoms with Crippen molar-refractivity contribution in [2.75, 3.05) is 31.6 Å². The smallest absolute Gasteiger partial charge is 0.241 e. The van der Waals surface area contributed by atoms with Crippen molar-refractivity contribution in [2.24, 2.45) is 0 Å². The van der Waals surface area contributed by atoms with E-state index in [9.17, 15) is 0 Å². The van der Waals surface area contributed by atoms with Crippen LogP contribution in [0.5, 0.6) is 0 Å². The number of morpholine rings is 1. The Balaban J connectivity index is 1.16. The van der Waals surface area contributed by atoms with E-state index in [-0.39, 0.29) is 0 Å². The van der Waals surface area contributed by atoms with Crippen LogP contribution < -0.4 is 5.32 Å². The first-order valence-corrected chi connectivity index (χ1v) is 12.0. The molecular formula is C24H30N8O. The van der Waals surface area contributed by atoms with E-state index in [1.165, 1.54) is 12.8 Å². The second-order valence-electron chi connectivity index (χ2n) is 9.05. The van der Waals surface area contributed by atoms with Gasteiger partial charge in [-0.1, -0.05) is 6.92 Å². The first kappa shape index (κ1) is 20.6. The molecule has 2 fully saturated rings. The molecule has 0 unspecified atom stereocenters. The molecule has 9 heteroatoms. The molecule has 33 heavy (non-hydrogen) atoms. The Morgan fingerprint density at radius 2 is 1.85 bits per heavy atom. The summed E-state index contributed by atoms with van der Waals surface area (Å²) in [7, 11) is 0. The van der Waals surface area contributed by atoms with Gasteiger partial charge in [0.05, 0.1) is 31.1 Å². The average Bonchev–Trinajstić information content (AvgIpc) is 3.48. The molecule has 4 aromatic heterocycles. The van der Waals surface area contributed by atoms with Crippen LogP contribution in [0.15, 0.2) is 37.1 Å². The maximum absolute atomic E-state index is 5.50. The predicted octanol–water partition coefficient (Wildman–Crippen LogP) is 3.06. The van der Waals surface area contributed by atoms with Gasteiger partial charge >= 0.3 is 0 Å². The number of hydrogen-bond donors (Lipinski definition) is 1. The number of rotatable bonds is 5. The Morgan fingerprint density at radius 1 is 1.03 bits per heavy atom. The fourth-order valence-corrected chi connectivity index (χ4v) is 5.24. The van der Waals surface area contributed by atoms with Crippen LogP contribution in [0.2, 0.25) is 0 Å². The number of nitrogens with one attached hydrogen (secondary N) is 1. The highest BCUT2D eigenvalue weighted by molar-refractivity contribution is 5.79. The number of imidazole rings is 1. The van der Waals surface area contributed by atoms with Gasteiger partial charge in [-0.25, -0.2) is 19.5 Å². The van der Waals surface area contributed by atoms with Gasteiger partial charge < -0.3 is 10.1 Å². The maximum atomic E-state index is 5.50. The molecule has 9 nitrogen and oxygen atoms in total. The zero-order chi connectivity index (χ0) is 22.2. The van der Waals surface area contributed by atoms with Crippen LogP contribution >= 0.6 is 0 Å². The molecule has 1 saturated heterocycles. The standard InChI is InChI=1S/C24H30N8O/c1-2-19-14-27-24-26-13-17(16-31(19)24)21-7-8-32-22(21)15-25-23(29-32)28-18-3-5-20(6-4-18)30-9-11-33-12-10-30/h7-8,13-16,18,20H,2-6,9-12H2,1H3,(H,28,29)/t18-,20-. The van der Waals surface area contributed by atoms with Crippen molar-refractivity contribution >= 4 is 17.2 Å². The molecule has 6 rings (SSSR count). The third-order valence-electron chi connectivity index (χ3n) is 7.12. The van der Waals surface area contributed by atoms with Crippen LogP contribution in [-0.2, 0) is 11.2 Å². The van der Waals surface area contributed by atoms with Gasteiger partial charge in [0, 0.05) is 60.6 Å². The largest absolute Gasteiger partial charge is 0.379 e. The highest BCUT2D eigenvalue weighted by Gasteiger charge is 2.27. The van der Waals surface area contributed by atoms with Gasteiger partial charge in [-0.3, -0.25) is 9.30 Å². The molecule has 0 radical (unpaired) electrons. The lowest BCUT2D eigenvalue weighted by Gasteiger charge is -2.38. The highest BCUT2D eigenvalue weighted by Crippen LogP contribution is 2.27. The van der Waals surface area contributed by atoms with E-state index in [0.717, 1.165) is 73.7 Å². The summed E-state index contributed by atoms with van der Waals surface area (Å²) in [4.78, 5) is 16.1. The number of fused-ring (bicyclic) bond motifs is 2. The Morgan fingerprint density at radius 3 is 2.67 bits per heavy atom. The van der Waals surface area contributed by atoms with Crippen LogP contribution in [0.1, 0.15) is 38.3 Å². The molecule has 5 heterocycles. The third kappa shape index (κ3) is 3.95. The van der Waals surface area contributed by atoms with E-state index in [1.807, 2.05) is 29.3 Å². The van der Waals surface area contributed by atoms with E-state index in [0.29, 0.717) is 18.0 Å². The Labute approximate surface area is 192 Å². The molecule has 0 amide bonds. The zero-order valence-electron chi connectivity index (χ0n) is 19.0. The van der Waals surface area contributed by atoms with Crippen molar-refractivity contribution in [3.05, 3.63) is 42.7 Å². The second kappa shape index (κ2) is 8.72. The number of anilines is 1. The molecule has 1 N–H and O–H groups in total. The quantitative estimate of drug-likeness (QED) is 0.504. The van der Waals surface area contributed by atoms with E-state index >= 15 is 0 Å². The van der Waals surface area contributed by atoms with Crippen LogP contribution in [0.4, 0.5) is 5.95 Å². The average molecular weight is 447 g/mol. The summed E-state index contributed by atoms with van der Waals surface area (Å²) in [6.07, 6.45) is 15.4. The van der Waals surface area contributed by atoms with Crippen LogP contribution in [0.3, 0.4) is 0 Å². The van der Waals surface area contributed by atoms with Crippen LogP contribution in [0, 0.1) is 0 Å². The number of hydrogen-bond acceptors (Lipinski definition) is 7. The van der Waals surface area contributed by atoms with Crippen LogP contribution in [0.25, 0.3) is 22.4 Å². The summed E-state index contributed by atoms with van der Waals surface area (Å²) >= 11 is 0. The highest BCUT2D eigenvalue weighted by atomic mass is 16.5. The van der Waals surface area contributed by atoms with Gasteiger partial charge in [-0.05, 0) is 38.2 Å². The maximum Gasteiger partial charge on any atom is 0.241 e. The zero-order valence-corrected chi connectivity index (χ0v) is 19.0. The summed E-state index contributed by atoms with van der Waals surface area (Å²) in [6.45, 7) is 6.01. The van der Waals surface area contributed by atoms with Gasteiger partial charge in [-0.2, -0.15) is 0 Å². The Kier molecular flexibility index (Phi) is 5.43. The third-order valence-corrected chi connectivity index (χ3v) is 7.12. The molecule has 0 atom stereocenters. The lowest BCUT2D eigenvalue weighted by molar-refractivity contribution is 0.00790. The minimum atomic E-state index is 0.426. The number of aromatic nitrogens is 6. The molecular weight excluding hydrogens is 416 g/mol. The topological polar surface area (TPSA) is 84.9 Å². The van der Waals surface area contributed by atoms with Gasteiger partial charge in [0.1, 0.15) is 0 Å². The van der Waals surface area contributed by atoms with Gasteiger partial charge in [0.25, 0.3) is 0 Å². The van der Waals surface area contributed by atoms with Crippen LogP contribution in [-0.4, -0.2) is 72.3 Å². The monoisotopic (exact) mass is 446 g/mol. The molecule has 0 bridgehead atoms. The first-order valence-electron chi connectivity index (χ1n) is 12.0. The summed E-state index contributed by atoms with van der Waals surface area (Å²) in [6, 6.07) is 3.19. The summed E-state index contributed by atoms with van der Waals surface area (Å²) in [5, 5.41) is 8.31. The molecule has 1 aliphatic carbocycles. The number of nitrogens with zero attached hydrogens (tertiary/aromatic N) is 7. The number of aryl methyl sites for hydroxylation is 1. The molecule has 0 spiro atoms. The fraction of sp³-hybridized carbons (Fsp3) is 0.500. The van der Waals surface area contributed by atoms with Crippen molar-refractivity contribution in [1.82, 2.24) is 33.9 Å². The molecule has 2 aliphatic rings. The van der Waals surface area contributed by atoms with Gasteiger partial charge in [0.2, 0.25) is 11.7 Å². The summed E-state index contributed by atoms with van der Waals surface area (Å²) in [5.41, 5.74) is 4.21. The van der Waals surface area contributed by atoms with Crippen molar-refractivity contribution < 1.29 is 4.74 Å². The molecule has 4 aromatic rings. The van der Waals surface area contributed by atoms with Crippen molar-refractivity contribution in [3.63, 3.8) is 0 Å². The van der Waals surface area contributed by atoms with Crippen molar-refractivity contribution in [1.29, 1.82) is 0 Å². The molecule has 1 saturated carbocycles. The molecule has 172 valence electrons. The minimum Gasteiger partial charge on any atom is -0.379 e. The minimum absolute atomic E-state index is 0.426. The first-order chi connectivity index (χ1) is 16.3.